The summed E-state index contributed by atoms with van der Waals surface area (Å²) in [6.07, 6.45) is 4.94. The molecule has 0 amide bonds. The maximum absolute atomic E-state index is 12.8. The fourth-order valence-corrected chi connectivity index (χ4v) is 4.81. The van der Waals surface area contributed by atoms with Crippen LogP contribution in [0.4, 0.5) is 0 Å². The number of hydrogen-bond acceptors (Lipinski definition) is 4. The molecular formula is C24H28ClNO3S. The van der Waals surface area contributed by atoms with Crippen LogP contribution in [-0.2, 0) is 20.3 Å². The van der Waals surface area contributed by atoms with Gasteiger partial charge < -0.3 is 10.5 Å². The number of carbonyl (C=O) groups is 1. The number of rotatable bonds is 7. The maximum atomic E-state index is 12.8. The Kier molecular flexibility index (Phi) is 6.73. The molecule has 0 fully saturated rings. The van der Waals surface area contributed by atoms with E-state index in [-0.39, 0.29) is 5.97 Å². The molecule has 0 aliphatic carbocycles. The van der Waals surface area contributed by atoms with E-state index >= 15 is 0 Å². The van der Waals surface area contributed by atoms with Crippen molar-refractivity contribution < 1.29 is 13.7 Å². The van der Waals surface area contributed by atoms with Gasteiger partial charge in [0.2, 0.25) is 0 Å². The van der Waals surface area contributed by atoms with Gasteiger partial charge in [-0.15, -0.1) is 0 Å². The van der Waals surface area contributed by atoms with Gasteiger partial charge in [0.05, 0.1) is 11.3 Å². The summed E-state index contributed by atoms with van der Waals surface area (Å²) in [4.78, 5) is 13.6. The molecule has 30 heavy (non-hydrogen) atoms. The number of unbranched alkanes of at least 4 members (excludes halogenated alkanes) is 1. The van der Waals surface area contributed by atoms with E-state index in [0.29, 0.717) is 34.7 Å². The van der Waals surface area contributed by atoms with Crippen LogP contribution in [0.3, 0.4) is 0 Å². The topological polar surface area (TPSA) is 69.4 Å². The Labute approximate surface area is 185 Å². The second-order valence-corrected chi connectivity index (χ2v) is 9.55. The zero-order valence-electron chi connectivity index (χ0n) is 17.9. The van der Waals surface area contributed by atoms with Crippen LogP contribution in [0, 0.1) is 6.92 Å². The molecular weight excluding hydrogens is 418 g/mol. The minimum absolute atomic E-state index is 0.388. The number of halogens is 1. The highest BCUT2D eigenvalue weighted by Crippen LogP contribution is 2.43. The summed E-state index contributed by atoms with van der Waals surface area (Å²) in [5.41, 5.74) is 9.98. The summed E-state index contributed by atoms with van der Waals surface area (Å²) < 4.78 is 17.7. The molecule has 2 aromatic rings. The van der Waals surface area contributed by atoms with Gasteiger partial charge in [0.25, 0.3) is 0 Å². The van der Waals surface area contributed by atoms with Gasteiger partial charge in [-0.25, -0.2) is 4.79 Å². The maximum Gasteiger partial charge on any atom is 0.341 e. The molecule has 0 radical (unpaired) electrons. The predicted octanol–water partition coefficient (Wildman–Crippen LogP) is 5.62. The molecule has 2 N–H and O–H groups in total. The van der Waals surface area contributed by atoms with E-state index in [9.17, 15) is 9.00 Å². The fraction of sp³-hybridized carbons (Fsp3) is 0.375. The van der Waals surface area contributed by atoms with Gasteiger partial charge in [-0.1, -0.05) is 44.0 Å². The van der Waals surface area contributed by atoms with Gasteiger partial charge in [0, 0.05) is 32.5 Å². The summed E-state index contributed by atoms with van der Waals surface area (Å²) in [6, 6.07) is 11.2. The summed E-state index contributed by atoms with van der Waals surface area (Å²) in [5.74, 6) is -0.388. The molecule has 6 heteroatoms. The first kappa shape index (κ1) is 22.6. The highest BCUT2D eigenvalue weighted by molar-refractivity contribution is 7.84. The Bertz CT molecular complexity index is 1050. The summed E-state index contributed by atoms with van der Waals surface area (Å²) >= 11 is 6.64. The van der Waals surface area contributed by atoms with Crippen LogP contribution in [0.15, 0.2) is 47.0 Å². The minimum atomic E-state index is -1.08. The molecule has 0 saturated heterocycles. The van der Waals surface area contributed by atoms with Crippen molar-refractivity contribution >= 4 is 33.9 Å². The predicted molar refractivity (Wildman–Crippen MR) is 124 cm³/mol. The molecule has 1 aliphatic heterocycles. The van der Waals surface area contributed by atoms with Gasteiger partial charge in [-0.2, -0.15) is 0 Å². The number of nitrogens with two attached hydrogens (primary N) is 1. The van der Waals surface area contributed by atoms with Crippen LogP contribution in [0.5, 0.6) is 0 Å². The number of hydrogen-bond donors (Lipinski definition) is 1. The lowest BCUT2D eigenvalue weighted by molar-refractivity contribution is -0.146. The van der Waals surface area contributed by atoms with Gasteiger partial charge in [0.1, 0.15) is 0 Å². The van der Waals surface area contributed by atoms with E-state index in [1.54, 1.807) is 12.3 Å². The van der Waals surface area contributed by atoms with Crippen LogP contribution >= 0.6 is 11.6 Å². The molecule has 3 rings (SSSR count). The average Bonchev–Trinajstić information content (AvgIpc) is 2.98. The molecule has 2 aromatic carbocycles. The van der Waals surface area contributed by atoms with Gasteiger partial charge in [0.15, 0.2) is 5.60 Å². The number of aryl methyl sites for hydroxylation is 1. The quantitative estimate of drug-likeness (QED) is 0.561. The van der Waals surface area contributed by atoms with Crippen molar-refractivity contribution in [3.05, 3.63) is 58.2 Å². The summed E-state index contributed by atoms with van der Waals surface area (Å²) in [7, 11) is -1.08. The first-order chi connectivity index (χ1) is 14.2. The first-order valence-corrected chi connectivity index (χ1v) is 12.2. The van der Waals surface area contributed by atoms with E-state index in [1.807, 2.05) is 44.2 Å². The minimum Gasteiger partial charge on any atom is -0.449 e. The molecule has 160 valence electrons. The second-order valence-electron chi connectivity index (χ2n) is 7.76. The smallest absolute Gasteiger partial charge is 0.341 e. The molecule has 0 aromatic heterocycles. The number of cyclic esters (lactones) is 1. The lowest BCUT2D eigenvalue weighted by atomic mass is 9.87. The lowest BCUT2D eigenvalue weighted by Gasteiger charge is -2.27. The van der Waals surface area contributed by atoms with Crippen molar-refractivity contribution in [2.75, 3.05) is 6.26 Å². The molecule has 4 nitrogen and oxygen atoms in total. The SMILES string of the molecule is CCCC[C@@]1(CC)OC(=O)C(c2cc(Cl)c(-c3cccc(S(C)=O)c3)cc2C)=C1N. The first-order valence-electron chi connectivity index (χ1n) is 10.2. The Morgan fingerprint density at radius 3 is 2.53 bits per heavy atom. The van der Waals surface area contributed by atoms with Crippen molar-refractivity contribution in [1.82, 2.24) is 0 Å². The molecule has 1 aliphatic rings. The van der Waals surface area contributed by atoms with Crippen molar-refractivity contribution in [3.8, 4) is 11.1 Å². The van der Waals surface area contributed by atoms with E-state index in [1.165, 1.54) is 0 Å². The average molecular weight is 446 g/mol. The van der Waals surface area contributed by atoms with E-state index in [4.69, 9.17) is 22.1 Å². The molecule has 1 heterocycles. The fourth-order valence-electron chi connectivity index (χ4n) is 3.98. The van der Waals surface area contributed by atoms with Gasteiger partial charge in [-0.05, 0) is 67.1 Å². The zero-order chi connectivity index (χ0) is 22.1. The standard InChI is InChI=1S/C24H28ClNO3S/c1-5-7-11-24(6-2)22(26)21(23(27)29-24)18-14-20(25)19(12-15(18)3)16-9-8-10-17(13-16)30(4)28/h8-10,12-14H,5-7,11,26H2,1-4H3/t24-,30?/m1/s1. The monoisotopic (exact) mass is 445 g/mol. The van der Waals surface area contributed by atoms with Crippen molar-refractivity contribution in [3.63, 3.8) is 0 Å². The Morgan fingerprint density at radius 2 is 1.90 bits per heavy atom. The van der Waals surface area contributed by atoms with Gasteiger partial charge >= 0.3 is 5.97 Å². The third kappa shape index (κ3) is 4.06. The zero-order valence-corrected chi connectivity index (χ0v) is 19.5. The van der Waals surface area contributed by atoms with Crippen LogP contribution < -0.4 is 5.73 Å². The molecule has 0 saturated carbocycles. The normalized spacial score (nSPS) is 19.8. The molecule has 0 bridgehead atoms. The van der Waals surface area contributed by atoms with E-state index in [0.717, 1.165) is 34.4 Å². The summed E-state index contributed by atoms with van der Waals surface area (Å²) in [6.45, 7) is 6.03. The molecule has 1 unspecified atom stereocenters. The second kappa shape index (κ2) is 8.94. The lowest BCUT2D eigenvalue weighted by Crippen LogP contribution is -2.34. The van der Waals surface area contributed by atoms with Crippen molar-refractivity contribution in [1.29, 1.82) is 0 Å². The van der Waals surface area contributed by atoms with Crippen LogP contribution in [0.2, 0.25) is 5.02 Å². The Hall–Kier alpha value is -2.11. The van der Waals surface area contributed by atoms with E-state index < -0.39 is 16.4 Å². The number of carbonyl (C=O) groups excluding carboxylic acids is 1. The van der Waals surface area contributed by atoms with Gasteiger partial charge in [-0.3, -0.25) is 4.21 Å². The molecule has 2 atom stereocenters. The number of ether oxygens (including phenoxy) is 1. The summed E-state index contributed by atoms with van der Waals surface area (Å²) in [5, 5.41) is 0.505. The third-order valence-electron chi connectivity index (χ3n) is 5.82. The van der Waals surface area contributed by atoms with Crippen molar-refractivity contribution in [2.24, 2.45) is 5.73 Å². The van der Waals surface area contributed by atoms with Crippen LogP contribution in [0.25, 0.3) is 16.7 Å². The molecule has 0 spiro atoms. The highest BCUT2D eigenvalue weighted by Gasteiger charge is 2.45. The third-order valence-corrected chi connectivity index (χ3v) is 7.05. The number of benzene rings is 2. The highest BCUT2D eigenvalue weighted by atomic mass is 35.5. The number of esters is 1. The largest absolute Gasteiger partial charge is 0.449 e. The Morgan fingerprint density at radius 1 is 1.17 bits per heavy atom. The van der Waals surface area contributed by atoms with Crippen molar-refractivity contribution in [2.45, 2.75) is 57.0 Å². The van der Waals surface area contributed by atoms with Crippen LogP contribution in [-0.4, -0.2) is 22.0 Å². The van der Waals surface area contributed by atoms with Crippen LogP contribution in [0.1, 0.15) is 50.7 Å². The van der Waals surface area contributed by atoms with E-state index in [2.05, 4.69) is 6.92 Å². The Balaban J connectivity index is 2.09.